The highest BCUT2D eigenvalue weighted by Gasteiger charge is 2.21. The lowest BCUT2D eigenvalue weighted by molar-refractivity contribution is 0.326. The van der Waals surface area contributed by atoms with Crippen LogP contribution < -0.4 is 9.47 Å². The summed E-state index contributed by atoms with van der Waals surface area (Å²) in [6.45, 7) is 0.240. The molecule has 0 amide bonds. The van der Waals surface area contributed by atoms with E-state index >= 15 is 0 Å². The van der Waals surface area contributed by atoms with Gasteiger partial charge in [0.2, 0.25) is 9.84 Å². The van der Waals surface area contributed by atoms with Crippen LogP contribution in [-0.4, -0.2) is 22.1 Å². The van der Waals surface area contributed by atoms with E-state index in [1.807, 2.05) is 42.5 Å². The van der Waals surface area contributed by atoms with Crippen LogP contribution in [0.1, 0.15) is 11.1 Å². The third-order valence-corrected chi connectivity index (χ3v) is 6.08. The molecule has 0 aliphatic rings. The second-order valence-corrected chi connectivity index (χ2v) is 8.36. The molecule has 0 fully saturated rings. The minimum absolute atomic E-state index is 0.0546. The normalized spacial score (nSPS) is 11.8. The maximum atomic E-state index is 12.9. The van der Waals surface area contributed by atoms with Gasteiger partial charge in [-0.2, -0.15) is 5.26 Å². The lowest BCUT2D eigenvalue weighted by Gasteiger charge is -2.12. The Hall–Kier alpha value is -3.82. The topological polar surface area (TPSA) is 76.4 Å². The average molecular weight is 432 g/mol. The van der Waals surface area contributed by atoms with Crippen LogP contribution in [0, 0.1) is 11.3 Å². The Kier molecular flexibility index (Phi) is 7.26. The van der Waals surface area contributed by atoms with Crippen molar-refractivity contribution in [3.63, 3.8) is 0 Å². The molecule has 0 heterocycles. The van der Waals surface area contributed by atoms with E-state index in [4.69, 9.17) is 9.47 Å². The van der Waals surface area contributed by atoms with Crippen LogP contribution >= 0.6 is 0 Å². The number of nitriles is 1. The smallest absolute Gasteiger partial charge is 0.216 e. The highest BCUT2D eigenvalue weighted by Crippen LogP contribution is 2.34. The van der Waals surface area contributed by atoms with Crippen molar-refractivity contribution in [3.05, 3.63) is 101 Å². The number of nitrogens with zero attached hydrogens (tertiary/aromatic N) is 1. The minimum atomic E-state index is -3.96. The number of benzene rings is 3. The standard InChI is InChI=1S/C25H21NO4S/c1-29-24-16-8-13-21(25(24)30-17-9-12-20-10-4-2-5-11-20)18-23(19-26)31(27,28)22-14-6-3-7-15-22/h2-16,18H,17H2,1H3. The number of para-hydroxylation sites is 1. The summed E-state index contributed by atoms with van der Waals surface area (Å²) in [5.74, 6) is 0.801. The van der Waals surface area contributed by atoms with Crippen LogP contribution in [0.25, 0.3) is 12.2 Å². The number of methoxy groups -OCH3 is 1. The summed E-state index contributed by atoms with van der Waals surface area (Å²) in [5.41, 5.74) is 1.47. The van der Waals surface area contributed by atoms with Crippen molar-refractivity contribution in [2.75, 3.05) is 13.7 Å². The van der Waals surface area contributed by atoms with Gasteiger partial charge in [-0.25, -0.2) is 8.42 Å². The second kappa shape index (κ2) is 10.3. The van der Waals surface area contributed by atoms with Gasteiger partial charge in [0, 0.05) is 5.56 Å². The van der Waals surface area contributed by atoms with Crippen molar-refractivity contribution in [2.45, 2.75) is 4.90 Å². The third kappa shape index (κ3) is 5.41. The van der Waals surface area contributed by atoms with Crippen LogP contribution in [-0.2, 0) is 9.84 Å². The van der Waals surface area contributed by atoms with Crippen LogP contribution in [0.2, 0.25) is 0 Å². The van der Waals surface area contributed by atoms with Crippen LogP contribution in [0.3, 0.4) is 0 Å². The summed E-state index contributed by atoms with van der Waals surface area (Å²) in [7, 11) is -2.46. The van der Waals surface area contributed by atoms with E-state index in [2.05, 4.69) is 0 Å². The van der Waals surface area contributed by atoms with Gasteiger partial charge in [0.05, 0.1) is 12.0 Å². The lowest BCUT2D eigenvalue weighted by Crippen LogP contribution is -2.04. The Morgan fingerprint density at radius 3 is 2.29 bits per heavy atom. The van der Waals surface area contributed by atoms with E-state index in [0.29, 0.717) is 17.1 Å². The Bertz CT molecular complexity index is 1230. The van der Waals surface area contributed by atoms with Gasteiger partial charge in [0.1, 0.15) is 17.6 Å². The number of rotatable bonds is 8. The second-order valence-electron chi connectivity index (χ2n) is 6.44. The maximum absolute atomic E-state index is 12.9. The number of ether oxygens (including phenoxy) is 2. The fraction of sp³-hybridized carbons (Fsp3) is 0.0800. The Morgan fingerprint density at radius 2 is 1.65 bits per heavy atom. The summed E-state index contributed by atoms with van der Waals surface area (Å²) in [6, 6.07) is 24.5. The van der Waals surface area contributed by atoms with E-state index in [9.17, 15) is 13.7 Å². The molecule has 0 aliphatic heterocycles. The van der Waals surface area contributed by atoms with Gasteiger partial charge in [0.15, 0.2) is 11.5 Å². The van der Waals surface area contributed by atoms with Crippen molar-refractivity contribution < 1.29 is 17.9 Å². The molecule has 0 bridgehead atoms. The quantitative estimate of drug-likeness (QED) is 0.462. The molecule has 0 aromatic heterocycles. The zero-order valence-corrected chi connectivity index (χ0v) is 17.7. The Balaban J connectivity index is 1.92. The molecule has 6 heteroatoms. The van der Waals surface area contributed by atoms with Crippen molar-refractivity contribution in [1.82, 2.24) is 0 Å². The molecule has 3 aromatic carbocycles. The lowest BCUT2D eigenvalue weighted by atomic mass is 10.1. The largest absolute Gasteiger partial charge is 0.493 e. The molecule has 0 atom stereocenters. The molecule has 0 unspecified atom stereocenters. The molecule has 0 spiro atoms. The number of hydrogen-bond donors (Lipinski definition) is 0. The molecular formula is C25H21NO4S. The van der Waals surface area contributed by atoms with Crippen molar-refractivity contribution in [2.24, 2.45) is 0 Å². The number of sulfone groups is 1. The molecule has 0 radical (unpaired) electrons. The Labute approximate surface area is 182 Å². The van der Waals surface area contributed by atoms with Gasteiger partial charge in [-0.05, 0) is 35.9 Å². The van der Waals surface area contributed by atoms with Gasteiger partial charge in [-0.15, -0.1) is 0 Å². The molecule has 5 nitrogen and oxygen atoms in total. The summed E-state index contributed by atoms with van der Waals surface area (Å²) >= 11 is 0. The average Bonchev–Trinajstić information content (AvgIpc) is 2.81. The fourth-order valence-electron chi connectivity index (χ4n) is 2.88. The van der Waals surface area contributed by atoms with Crippen LogP contribution in [0.5, 0.6) is 11.5 Å². The molecule has 0 aliphatic carbocycles. The number of hydrogen-bond acceptors (Lipinski definition) is 5. The summed E-state index contributed by atoms with van der Waals surface area (Å²) in [4.78, 5) is -0.324. The highest BCUT2D eigenvalue weighted by molar-refractivity contribution is 7.95. The summed E-state index contributed by atoms with van der Waals surface area (Å²) < 4.78 is 37.0. The van der Waals surface area contributed by atoms with E-state index in [1.54, 1.807) is 42.5 Å². The summed E-state index contributed by atoms with van der Waals surface area (Å²) in [5, 5.41) is 9.56. The maximum Gasteiger partial charge on any atom is 0.216 e. The van der Waals surface area contributed by atoms with E-state index in [1.165, 1.54) is 25.3 Å². The van der Waals surface area contributed by atoms with E-state index in [0.717, 1.165) is 5.56 Å². The number of allylic oxidation sites excluding steroid dienone is 1. The zero-order chi connectivity index (χ0) is 22.1. The highest BCUT2D eigenvalue weighted by atomic mass is 32.2. The monoisotopic (exact) mass is 431 g/mol. The molecule has 3 aromatic rings. The first-order valence-electron chi connectivity index (χ1n) is 9.49. The Morgan fingerprint density at radius 1 is 0.968 bits per heavy atom. The van der Waals surface area contributed by atoms with Crippen molar-refractivity contribution in [3.8, 4) is 17.6 Å². The first-order chi connectivity index (χ1) is 15.1. The van der Waals surface area contributed by atoms with Crippen LogP contribution in [0.4, 0.5) is 0 Å². The molecule has 0 saturated heterocycles. The van der Waals surface area contributed by atoms with Gasteiger partial charge in [-0.1, -0.05) is 66.7 Å². The summed E-state index contributed by atoms with van der Waals surface area (Å²) in [6.07, 6.45) is 5.08. The fourth-order valence-corrected chi connectivity index (χ4v) is 4.05. The van der Waals surface area contributed by atoms with Crippen LogP contribution in [0.15, 0.2) is 94.7 Å². The van der Waals surface area contributed by atoms with E-state index in [-0.39, 0.29) is 16.4 Å². The van der Waals surface area contributed by atoms with Gasteiger partial charge < -0.3 is 9.47 Å². The predicted octanol–water partition coefficient (Wildman–Crippen LogP) is 5.13. The molecule has 156 valence electrons. The molecule has 31 heavy (non-hydrogen) atoms. The third-order valence-electron chi connectivity index (χ3n) is 4.40. The van der Waals surface area contributed by atoms with Gasteiger partial charge in [0.25, 0.3) is 0 Å². The molecule has 0 N–H and O–H groups in total. The first kappa shape index (κ1) is 21.9. The minimum Gasteiger partial charge on any atom is -0.493 e. The zero-order valence-electron chi connectivity index (χ0n) is 16.9. The molecule has 0 saturated carbocycles. The molecule has 3 rings (SSSR count). The molecular weight excluding hydrogens is 410 g/mol. The van der Waals surface area contributed by atoms with Crippen molar-refractivity contribution in [1.29, 1.82) is 5.26 Å². The van der Waals surface area contributed by atoms with Crippen molar-refractivity contribution >= 4 is 22.0 Å². The predicted molar refractivity (Wildman–Crippen MR) is 121 cm³/mol. The first-order valence-corrected chi connectivity index (χ1v) is 11.0. The van der Waals surface area contributed by atoms with E-state index < -0.39 is 9.84 Å². The van der Waals surface area contributed by atoms with Gasteiger partial charge in [-0.3, -0.25) is 0 Å². The SMILES string of the molecule is COc1cccc(C=C(C#N)S(=O)(=O)c2ccccc2)c1OCC=Cc1ccccc1. The van der Waals surface area contributed by atoms with Gasteiger partial charge >= 0.3 is 0 Å².